The van der Waals surface area contributed by atoms with E-state index in [2.05, 4.69) is 21.7 Å². The highest BCUT2D eigenvalue weighted by Crippen LogP contribution is 2.30. The molecule has 0 saturated carbocycles. The fraction of sp³-hybridized carbons (Fsp3) is 0.364. The van der Waals surface area contributed by atoms with Gasteiger partial charge in [-0.2, -0.15) is 0 Å². The summed E-state index contributed by atoms with van der Waals surface area (Å²) in [5.41, 5.74) is 2.24. The van der Waals surface area contributed by atoms with Crippen LogP contribution < -0.4 is 25.0 Å². The lowest BCUT2D eigenvalue weighted by Crippen LogP contribution is -2.49. The van der Waals surface area contributed by atoms with Gasteiger partial charge in [-0.05, 0) is 36.6 Å². The minimum Gasteiger partial charge on any atom is -0.486 e. The van der Waals surface area contributed by atoms with Gasteiger partial charge in [0, 0.05) is 19.3 Å². The third-order valence-electron chi connectivity index (χ3n) is 5.11. The van der Waals surface area contributed by atoms with E-state index in [0.717, 1.165) is 36.6 Å². The lowest BCUT2D eigenvalue weighted by Gasteiger charge is -2.30. The molecule has 7 heteroatoms. The van der Waals surface area contributed by atoms with Crippen LogP contribution in [0.5, 0.6) is 11.5 Å². The zero-order valence-electron chi connectivity index (χ0n) is 16.6. The summed E-state index contributed by atoms with van der Waals surface area (Å²) in [6.45, 7) is 1.91. The average Bonchev–Trinajstić information content (AvgIpc) is 2.78. The molecule has 1 atom stereocenters. The van der Waals surface area contributed by atoms with Gasteiger partial charge in [0.1, 0.15) is 12.7 Å². The molecular formula is C22H26N4O3. The van der Waals surface area contributed by atoms with E-state index in [0.29, 0.717) is 19.1 Å². The summed E-state index contributed by atoms with van der Waals surface area (Å²) < 4.78 is 11.7. The number of para-hydroxylation sites is 3. The summed E-state index contributed by atoms with van der Waals surface area (Å²) >= 11 is 0. The number of benzene rings is 2. The Morgan fingerprint density at radius 1 is 1.14 bits per heavy atom. The number of nitrogens with zero attached hydrogens (tertiary/aromatic N) is 2. The zero-order valence-corrected chi connectivity index (χ0v) is 16.6. The van der Waals surface area contributed by atoms with Gasteiger partial charge in [-0.1, -0.05) is 30.3 Å². The minimum absolute atomic E-state index is 0.0336. The number of carbonyl (C=O) groups is 1. The van der Waals surface area contributed by atoms with Crippen LogP contribution in [0.2, 0.25) is 0 Å². The molecule has 0 bridgehead atoms. The number of fused-ring (bicyclic) bond motifs is 2. The van der Waals surface area contributed by atoms with Crippen molar-refractivity contribution in [3.8, 4) is 11.5 Å². The first-order valence-electron chi connectivity index (χ1n) is 9.96. The number of aryl methyl sites for hydroxylation is 1. The van der Waals surface area contributed by atoms with Crippen LogP contribution in [0.1, 0.15) is 12.0 Å². The maximum absolute atomic E-state index is 12.8. The molecule has 0 saturated heterocycles. The lowest BCUT2D eigenvalue weighted by molar-refractivity contribution is -0.117. The molecule has 2 heterocycles. The molecule has 2 aromatic carbocycles. The van der Waals surface area contributed by atoms with Gasteiger partial charge in [0.05, 0.1) is 13.1 Å². The number of guanidine groups is 1. The first-order valence-corrected chi connectivity index (χ1v) is 9.96. The highest BCUT2D eigenvalue weighted by Gasteiger charge is 2.23. The van der Waals surface area contributed by atoms with Crippen molar-refractivity contribution in [2.45, 2.75) is 18.9 Å². The van der Waals surface area contributed by atoms with E-state index >= 15 is 0 Å². The second-order valence-corrected chi connectivity index (χ2v) is 7.08. The summed E-state index contributed by atoms with van der Waals surface area (Å²) in [6, 6.07) is 15.7. The monoisotopic (exact) mass is 394 g/mol. The Morgan fingerprint density at radius 3 is 2.79 bits per heavy atom. The van der Waals surface area contributed by atoms with E-state index in [1.807, 2.05) is 47.4 Å². The maximum Gasteiger partial charge on any atom is 0.246 e. The molecule has 2 aliphatic rings. The molecule has 0 fully saturated rings. The van der Waals surface area contributed by atoms with Crippen LogP contribution in [0, 0.1) is 0 Å². The van der Waals surface area contributed by atoms with Gasteiger partial charge in [-0.25, -0.2) is 0 Å². The standard InChI is InChI=1S/C22H26N4O3/c1-23-22(24-13-17-15-28-19-10-4-5-11-20(19)29-17)25-14-21(27)26-12-6-8-16-7-2-3-9-18(16)26/h2-5,7,9-11,17H,6,8,12-15H2,1H3,(H2,23,24,25). The Labute approximate surface area is 170 Å². The minimum atomic E-state index is -0.131. The number of ether oxygens (including phenoxy) is 2. The van der Waals surface area contributed by atoms with Crippen LogP contribution in [0.3, 0.4) is 0 Å². The van der Waals surface area contributed by atoms with Crippen molar-refractivity contribution in [3.05, 3.63) is 54.1 Å². The van der Waals surface area contributed by atoms with Gasteiger partial charge in [0.25, 0.3) is 0 Å². The number of nitrogens with one attached hydrogen (secondary N) is 2. The highest BCUT2D eigenvalue weighted by molar-refractivity contribution is 5.98. The third-order valence-corrected chi connectivity index (χ3v) is 5.11. The largest absolute Gasteiger partial charge is 0.486 e. The molecule has 29 heavy (non-hydrogen) atoms. The Bertz CT molecular complexity index is 899. The van der Waals surface area contributed by atoms with Crippen LogP contribution in [0.25, 0.3) is 0 Å². The lowest BCUT2D eigenvalue weighted by atomic mass is 10.0. The van der Waals surface area contributed by atoms with Gasteiger partial charge in [0.15, 0.2) is 17.5 Å². The first kappa shape index (κ1) is 19.1. The number of aliphatic imine (C=N–C) groups is 1. The second-order valence-electron chi connectivity index (χ2n) is 7.08. The summed E-state index contributed by atoms with van der Waals surface area (Å²) in [6.07, 6.45) is 1.87. The normalized spacial score (nSPS) is 18.0. The molecular weight excluding hydrogens is 368 g/mol. The number of rotatable bonds is 4. The molecule has 152 valence electrons. The van der Waals surface area contributed by atoms with Crippen LogP contribution in [-0.4, -0.2) is 51.3 Å². The molecule has 7 nitrogen and oxygen atoms in total. The number of hydrogen-bond acceptors (Lipinski definition) is 4. The fourth-order valence-corrected chi connectivity index (χ4v) is 3.64. The topological polar surface area (TPSA) is 75.2 Å². The number of anilines is 1. The van der Waals surface area contributed by atoms with E-state index < -0.39 is 0 Å². The third kappa shape index (κ3) is 4.45. The second kappa shape index (κ2) is 8.86. The molecule has 2 N–H and O–H groups in total. The zero-order chi connectivity index (χ0) is 20.1. The smallest absolute Gasteiger partial charge is 0.246 e. The van der Waals surface area contributed by atoms with Crippen LogP contribution in [0.4, 0.5) is 5.69 Å². The van der Waals surface area contributed by atoms with E-state index in [1.54, 1.807) is 7.05 Å². The summed E-state index contributed by atoms with van der Waals surface area (Å²) in [7, 11) is 1.68. The van der Waals surface area contributed by atoms with Gasteiger partial charge in [-0.15, -0.1) is 0 Å². The predicted molar refractivity (Wildman–Crippen MR) is 113 cm³/mol. The number of hydrogen-bond donors (Lipinski definition) is 2. The highest BCUT2D eigenvalue weighted by atomic mass is 16.6. The van der Waals surface area contributed by atoms with Crippen molar-refractivity contribution in [2.75, 3.05) is 38.2 Å². The van der Waals surface area contributed by atoms with E-state index in [4.69, 9.17) is 9.47 Å². The molecule has 1 unspecified atom stereocenters. The summed E-state index contributed by atoms with van der Waals surface area (Å²) in [5.74, 6) is 2.10. The SMILES string of the molecule is CN=C(NCC(=O)N1CCCc2ccccc21)NCC1COc2ccccc2O1. The van der Waals surface area contributed by atoms with E-state index in [1.165, 1.54) is 5.56 Å². The van der Waals surface area contributed by atoms with Crippen molar-refractivity contribution in [2.24, 2.45) is 4.99 Å². The van der Waals surface area contributed by atoms with Crippen molar-refractivity contribution >= 4 is 17.6 Å². The number of amides is 1. The number of carbonyl (C=O) groups excluding carboxylic acids is 1. The first-order chi connectivity index (χ1) is 14.2. The van der Waals surface area contributed by atoms with Crippen LogP contribution in [-0.2, 0) is 11.2 Å². The van der Waals surface area contributed by atoms with Crippen molar-refractivity contribution < 1.29 is 14.3 Å². The van der Waals surface area contributed by atoms with Crippen molar-refractivity contribution in [3.63, 3.8) is 0 Å². The molecule has 0 spiro atoms. The average molecular weight is 394 g/mol. The Hall–Kier alpha value is -3.22. The molecule has 1 amide bonds. The van der Waals surface area contributed by atoms with Crippen LogP contribution >= 0.6 is 0 Å². The van der Waals surface area contributed by atoms with Gasteiger partial charge < -0.3 is 25.0 Å². The van der Waals surface area contributed by atoms with Gasteiger partial charge >= 0.3 is 0 Å². The van der Waals surface area contributed by atoms with Gasteiger partial charge in [0.2, 0.25) is 5.91 Å². The van der Waals surface area contributed by atoms with E-state index in [9.17, 15) is 4.79 Å². The fourth-order valence-electron chi connectivity index (χ4n) is 3.64. The molecule has 2 aliphatic heterocycles. The molecule has 4 rings (SSSR count). The Kier molecular flexibility index (Phi) is 5.84. The quantitative estimate of drug-likeness (QED) is 0.613. The van der Waals surface area contributed by atoms with E-state index in [-0.39, 0.29) is 18.6 Å². The summed E-state index contributed by atoms with van der Waals surface area (Å²) in [4.78, 5) is 18.8. The molecule has 0 radical (unpaired) electrons. The Balaban J connectivity index is 1.28. The van der Waals surface area contributed by atoms with Gasteiger partial charge in [-0.3, -0.25) is 9.79 Å². The Morgan fingerprint density at radius 2 is 1.93 bits per heavy atom. The molecule has 0 aromatic heterocycles. The molecule has 0 aliphatic carbocycles. The van der Waals surface area contributed by atoms with Crippen molar-refractivity contribution in [1.29, 1.82) is 0 Å². The maximum atomic E-state index is 12.8. The van der Waals surface area contributed by atoms with Crippen molar-refractivity contribution in [1.82, 2.24) is 10.6 Å². The predicted octanol–water partition coefficient (Wildman–Crippen LogP) is 1.97. The summed E-state index contributed by atoms with van der Waals surface area (Å²) in [5, 5.41) is 6.32. The molecule has 2 aromatic rings. The van der Waals surface area contributed by atoms with Crippen LogP contribution in [0.15, 0.2) is 53.5 Å².